The summed E-state index contributed by atoms with van der Waals surface area (Å²) in [5.41, 5.74) is -0.184. The summed E-state index contributed by atoms with van der Waals surface area (Å²) in [6.07, 6.45) is 2.55. The first-order chi connectivity index (χ1) is 13.1. The van der Waals surface area contributed by atoms with Crippen molar-refractivity contribution < 1.29 is 9.90 Å². The number of carbonyl (C=O) groups excluding carboxylic acids is 1. The fraction of sp³-hybridized carbons (Fsp3) is 0.250. The molecule has 0 spiro atoms. The smallest absolute Gasteiger partial charge is 0.270 e. The maximum Gasteiger partial charge on any atom is 0.270 e. The number of fused-ring (bicyclic) bond motifs is 1. The van der Waals surface area contributed by atoms with Crippen molar-refractivity contribution in [3.05, 3.63) is 82.4 Å². The number of carbonyl (C=O) groups is 1. The lowest BCUT2D eigenvalue weighted by Crippen LogP contribution is -2.61. The summed E-state index contributed by atoms with van der Waals surface area (Å²) in [4.78, 5) is 29.9. The molecular weight excluding hydrogens is 344 g/mol. The Labute approximate surface area is 155 Å². The number of aromatic nitrogens is 2. The second-order valence-electron chi connectivity index (χ2n) is 6.67. The molecule has 7 heteroatoms. The molecule has 1 fully saturated rings. The van der Waals surface area contributed by atoms with Gasteiger partial charge >= 0.3 is 0 Å². The van der Waals surface area contributed by atoms with E-state index in [2.05, 4.69) is 15.6 Å². The second kappa shape index (κ2) is 6.94. The van der Waals surface area contributed by atoms with Crippen LogP contribution < -0.4 is 16.2 Å². The maximum absolute atomic E-state index is 13.0. The van der Waals surface area contributed by atoms with E-state index in [0.29, 0.717) is 25.2 Å². The molecule has 2 atom stereocenters. The zero-order chi connectivity index (χ0) is 18.9. The molecule has 4 rings (SSSR count). The van der Waals surface area contributed by atoms with Crippen LogP contribution in [0.5, 0.6) is 0 Å². The van der Waals surface area contributed by atoms with Crippen LogP contribution in [0.15, 0.2) is 65.7 Å². The van der Waals surface area contributed by atoms with Gasteiger partial charge < -0.3 is 15.7 Å². The van der Waals surface area contributed by atoms with Gasteiger partial charge in [0, 0.05) is 18.9 Å². The highest BCUT2D eigenvalue weighted by Crippen LogP contribution is 2.31. The molecule has 0 aliphatic carbocycles. The number of nitrogens with zero attached hydrogens (tertiary/aromatic N) is 2. The molecule has 0 unspecified atom stereocenters. The first-order valence-corrected chi connectivity index (χ1v) is 8.85. The van der Waals surface area contributed by atoms with Crippen molar-refractivity contribution in [2.45, 2.75) is 18.1 Å². The molecule has 1 amide bonds. The number of β-amino-alcohol motifs (C(OH)–C–C–N with tert-alkyl or cyclic N) is 1. The van der Waals surface area contributed by atoms with E-state index in [1.165, 1.54) is 10.6 Å². The average Bonchev–Trinajstić information content (AvgIpc) is 2.71. The highest BCUT2D eigenvalue weighted by atomic mass is 16.3. The van der Waals surface area contributed by atoms with Crippen molar-refractivity contribution >= 4 is 11.6 Å². The molecule has 3 aromatic rings. The third-order valence-corrected chi connectivity index (χ3v) is 5.09. The third kappa shape index (κ3) is 3.01. The van der Waals surface area contributed by atoms with Crippen molar-refractivity contribution in [2.24, 2.45) is 0 Å². The number of benzene rings is 1. The first kappa shape index (κ1) is 17.4. The summed E-state index contributed by atoms with van der Waals surface area (Å²) in [5, 5.41) is 16.8. The molecule has 1 aliphatic heterocycles. The van der Waals surface area contributed by atoms with Gasteiger partial charge in [0.1, 0.15) is 11.2 Å². The van der Waals surface area contributed by atoms with Gasteiger partial charge in [-0.25, -0.2) is 4.98 Å². The average molecular weight is 364 g/mol. The van der Waals surface area contributed by atoms with Gasteiger partial charge in [-0.15, -0.1) is 0 Å². The molecule has 2 aromatic heterocycles. The van der Waals surface area contributed by atoms with Crippen LogP contribution in [0.4, 0.5) is 0 Å². The number of piperidine rings is 1. The molecule has 7 nitrogen and oxygen atoms in total. The zero-order valence-electron chi connectivity index (χ0n) is 14.6. The minimum atomic E-state index is -0.966. The molecule has 0 saturated carbocycles. The van der Waals surface area contributed by atoms with Crippen molar-refractivity contribution in [2.75, 3.05) is 13.1 Å². The molecular formula is C20H20N4O3. The molecule has 1 saturated heterocycles. The first-order valence-electron chi connectivity index (χ1n) is 8.85. The number of nitrogens with one attached hydrogen (secondary N) is 2. The van der Waals surface area contributed by atoms with Crippen molar-refractivity contribution in [3.63, 3.8) is 0 Å². The summed E-state index contributed by atoms with van der Waals surface area (Å²) in [5.74, 6) is -0.546. The Morgan fingerprint density at radius 1 is 1.22 bits per heavy atom. The summed E-state index contributed by atoms with van der Waals surface area (Å²) in [6, 6.07) is 14.5. The molecule has 3 N–H and O–H groups in total. The number of aliphatic hydroxyl groups excluding tert-OH is 1. The molecule has 138 valence electrons. The molecule has 1 aromatic carbocycles. The van der Waals surface area contributed by atoms with E-state index in [4.69, 9.17) is 0 Å². The van der Waals surface area contributed by atoms with Crippen LogP contribution in [0.2, 0.25) is 0 Å². The minimum absolute atomic E-state index is 0.0558. The van der Waals surface area contributed by atoms with Gasteiger partial charge in [-0.2, -0.15) is 0 Å². The fourth-order valence-electron chi connectivity index (χ4n) is 3.61. The van der Waals surface area contributed by atoms with E-state index in [0.717, 1.165) is 5.56 Å². The summed E-state index contributed by atoms with van der Waals surface area (Å²) >= 11 is 0. The van der Waals surface area contributed by atoms with Crippen LogP contribution >= 0.6 is 0 Å². The number of amides is 1. The minimum Gasteiger partial charge on any atom is -0.389 e. The molecule has 0 bridgehead atoms. The molecule has 27 heavy (non-hydrogen) atoms. The van der Waals surface area contributed by atoms with Crippen molar-refractivity contribution in [3.8, 4) is 0 Å². The normalized spacial score (nSPS) is 22.5. The highest BCUT2D eigenvalue weighted by Gasteiger charge is 2.43. The summed E-state index contributed by atoms with van der Waals surface area (Å²) in [7, 11) is 0. The molecule has 0 radical (unpaired) electrons. The van der Waals surface area contributed by atoms with Gasteiger partial charge in [0.15, 0.2) is 0 Å². The van der Waals surface area contributed by atoms with Gasteiger partial charge in [-0.3, -0.25) is 14.0 Å². The largest absolute Gasteiger partial charge is 0.389 e. The number of aliphatic hydroxyl groups is 1. The number of pyridine rings is 1. The number of rotatable bonds is 3. The summed E-state index contributed by atoms with van der Waals surface area (Å²) in [6.45, 7) is 0.991. The Balaban J connectivity index is 1.75. The zero-order valence-corrected chi connectivity index (χ0v) is 14.6. The molecule has 3 heterocycles. The van der Waals surface area contributed by atoms with Crippen LogP contribution in [0.25, 0.3) is 5.65 Å². The predicted octanol–water partition coefficient (Wildman–Crippen LogP) is 0.674. The van der Waals surface area contributed by atoms with E-state index < -0.39 is 23.1 Å². The second-order valence-corrected chi connectivity index (χ2v) is 6.67. The Morgan fingerprint density at radius 3 is 2.78 bits per heavy atom. The van der Waals surface area contributed by atoms with Gasteiger partial charge in [0.25, 0.3) is 11.5 Å². The highest BCUT2D eigenvalue weighted by molar-refractivity contribution is 5.94. The molecule has 1 aliphatic rings. The SMILES string of the molecule is O=C(N[C@@]1(c2ccccc2)CCNC[C@H]1O)c1cnc2ccccn2c1=O. The van der Waals surface area contributed by atoms with Crippen molar-refractivity contribution in [1.29, 1.82) is 0 Å². The van der Waals surface area contributed by atoms with E-state index in [1.54, 1.807) is 24.4 Å². The van der Waals surface area contributed by atoms with E-state index in [9.17, 15) is 14.7 Å². The van der Waals surface area contributed by atoms with Gasteiger partial charge in [0.05, 0.1) is 11.6 Å². The fourth-order valence-corrected chi connectivity index (χ4v) is 3.61. The van der Waals surface area contributed by atoms with Crippen LogP contribution in [0.1, 0.15) is 22.3 Å². The van der Waals surface area contributed by atoms with Gasteiger partial charge in [-0.1, -0.05) is 36.4 Å². The maximum atomic E-state index is 13.0. The Bertz CT molecular complexity index is 1030. The van der Waals surface area contributed by atoms with E-state index in [-0.39, 0.29) is 5.56 Å². The Kier molecular flexibility index (Phi) is 4.47. The monoisotopic (exact) mass is 364 g/mol. The van der Waals surface area contributed by atoms with Crippen LogP contribution in [-0.2, 0) is 5.54 Å². The standard InChI is InChI=1S/C20H20N4O3/c25-16-13-21-10-9-20(16,14-6-2-1-3-7-14)23-18(26)15-12-22-17-8-4-5-11-24(17)19(15)27/h1-8,11-12,16,21,25H,9-10,13H2,(H,23,26)/t16-,20-/m1/s1. The Hall–Kier alpha value is -3.03. The number of hydrogen-bond donors (Lipinski definition) is 3. The van der Waals surface area contributed by atoms with Gasteiger partial charge in [0.2, 0.25) is 0 Å². The third-order valence-electron chi connectivity index (χ3n) is 5.09. The van der Waals surface area contributed by atoms with Crippen molar-refractivity contribution in [1.82, 2.24) is 20.0 Å². The predicted molar refractivity (Wildman–Crippen MR) is 101 cm³/mol. The van der Waals surface area contributed by atoms with Crippen LogP contribution in [0.3, 0.4) is 0 Å². The lowest BCUT2D eigenvalue weighted by Gasteiger charge is -2.42. The quantitative estimate of drug-likeness (QED) is 0.635. The number of hydrogen-bond acceptors (Lipinski definition) is 5. The van der Waals surface area contributed by atoms with Gasteiger partial charge in [-0.05, 0) is 30.7 Å². The topological polar surface area (TPSA) is 95.7 Å². The Morgan fingerprint density at radius 2 is 2.00 bits per heavy atom. The lowest BCUT2D eigenvalue weighted by molar-refractivity contribution is 0.0289. The van der Waals surface area contributed by atoms with E-state index >= 15 is 0 Å². The lowest BCUT2D eigenvalue weighted by atomic mass is 9.79. The van der Waals surface area contributed by atoms with Crippen LogP contribution in [0, 0.1) is 0 Å². The van der Waals surface area contributed by atoms with E-state index in [1.807, 2.05) is 30.3 Å². The van der Waals surface area contributed by atoms with Crippen LogP contribution in [-0.4, -0.2) is 39.6 Å². The summed E-state index contributed by atoms with van der Waals surface area (Å²) < 4.78 is 1.34.